The zero-order valence-corrected chi connectivity index (χ0v) is 21.9. The molecule has 39 heavy (non-hydrogen) atoms. The average molecular weight is 525 g/mol. The Morgan fingerprint density at radius 3 is 2.41 bits per heavy atom. The topological polar surface area (TPSA) is 96.0 Å². The zero-order valence-electron chi connectivity index (χ0n) is 21.9. The van der Waals surface area contributed by atoms with Crippen molar-refractivity contribution in [2.45, 2.75) is 12.8 Å². The van der Waals surface area contributed by atoms with E-state index in [0.29, 0.717) is 52.2 Å². The summed E-state index contributed by atoms with van der Waals surface area (Å²) in [7, 11) is 4.77. The summed E-state index contributed by atoms with van der Waals surface area (Å²) in [5.41, 5.74) is 5.24. The van der Waals surface area contributed by atoms with E-state index in [4.69, 9.17) is 23.9 Å². The summed E-state index contributed by atoms with van der Waals surface area (Å²) in [6.07, 6.45) is 3.40. The molecule has 198 valence electrons. The number of nitrogens with one attached hydrogen (secondary N) is 1. The molecule has 8 nitrogen and oxygen atoms in total. The smallest absolute Gasteiger partial charge is 0.339 e. The van der Waals surface area contributed by atoms with Gasteiger partial charge in [0.15, 0.2) is 18.1 Å². The van der Waals surface area contributed by atoms with E-state index in [-0.39, 0.29) is 0 Å². The summed E-state index contributed by atoms with van der Waals surface area (Å²) < 4.78 is 21.4. The van der Waals surface area contributed by atoms with Gasteiger partial charge in [-0.05, 0) is 78.1 Å². The molecular weight excluding hydrogens is 496 g/mol. The fourth-order valence-electron chi connectivity index (χ4n) is 4.73. The van der Waals surface area contributed by atoms with Crippen LogP contribution in [-0.4, -0.2) is 44.8 Å². The molecule has 1 aliphatic rings. The van der Waals surface area contributed by atoms with Gasteiger partial charge in [0.1, 0.15) is 5.75 Å². The number of methoxy groups -OCH3 is 3. The Labute approximate surface area is 226 Å². The molecule has 0 unspecified atom stereocenters. The summed E-state index contributed by atoms with van der Waals surface area (Å²) in [6.45, 7) is -0.412. The zero-order chi connectivity index (χ0) is 27.4. The summed E-state index contributed by atoms with van der Waals surface area (Å²) in [6, 6.07) is 20.1. The van der Waals surface area contributed by atoms with Crippen molar-refractivity contribution in [1.82, 2.24) is 4.98 Å². The lowest BCUT2D eigenvalue weighted by Gasteiger charge is -2.13. The first-order valence-corrected chi connectivity index (χ1v) is 12.5. The van der Waals surface area contributed by atoms with Crippen molar-refractivity contribution in [3.63, 3.8) is 0 Å². The van der Waals surface area contributed by atoms with E-state index in [1.165, 1.54) is 0 Å². The fraction of sp³-hybridized carbons (Fsp3) is 0.194. The van der Waals surface area contributed by atoms with E-state index >= 15 is 0 Å². The molecule has 0 bridgehead atoms. The van der Waals surface area contributed by atoms with Crippen molar-refractivity contribution in [3.05, 3.63) is 89.1 Å². The van der Waals surface area contributed by atoms with Gasteiger partial charge in [-0.15, -0.1) is 0 Å². The molecule has 1 amide bonds. The Kier molecular flexibility index (Phi) is 7.45. The number of nitrogens with zero attached hydrogens (tertiary/aromatic N) is 1. The highest BCUT2D eigenvalue weighted by Gasteiger charge is 2.28. The first-order chi connectivity index (χ1) is 19.0. The van der Waals surface area contributed by atoms with E-state index in [9.17, 15) is 9.59 Å². The van der Waals surface area contributed by atoms with E-state index in [0.717, 1.165) is 22.4 Å². The molecule has 5 rings (SSSR count). The number of para-hydroxylation sites is 1. The summed E-state index contributed by atoms with van der Waals surface area (Å²) >= 11 is 0. The number of fused-ring (bicyclic) bond motifs is 2. The number of benzene rings is 3. The van der Waals surface area contributed by atoms with Gasteiger partial charge in [0.2, 0.25) is 0 Å². The van der Waals surface area contributed by atoms with Gasteiger partial charge in [0.25, 0.3) is 5.91 Å². The maximum atomic E-state index is 13.4. The van der Waals surface area contributed by atoms with Crippen LogP contribution >= 0.6 is 0 Å². The van der Waals surface area contributed by atoms with Gasteiger partial charge >= 0.3 is 5.97 Å². The van der Waals surface area contributed by atoms with Crippen molar-refractivity contribution in [1.29, 1.82) is 0 Å². The van der Waals surface area contributed by atoms with Crippen LogP contribution in [0.4, 0.5) is 5.69 Å². The molecule has 0 spiro atoms. The van der Waals surface area contributed by atoms with Crippen LogP contribution in [0.1, 0.15) is 33.6 Å². The molecule has 0 atom stereocenters. The summed E-state index contributed by atoms with van der Waals surface area (Å²) in [5.74, 6) is 0.974. The first-order valence-electron chi connectivity index (χ1n) is 12.5. The Morgan fingerprint density at radius 1 is 0.897 bits per heavy atom. The molecule has 1 aliphatic carbocycles. The third-order valence-electron chi connectivity index (χ3n) is 6.60. The van der Waals surface area contributed by atoms with Gasteiger partial charge in [-0.1, -0.05) is 24.3 Å². The number of ether oxygens (including phenoxy) is 4. The SMILES string of the molecule is COc1ccc(NC(=O)COC(=O)c2c3c(nc4ccccc24)/C(=C/c2ccc(OC)c(OC)c2)CC3)cc1. The van der Waals surface area contributed by atoms with Gasteiger partial charge in [-0.3, -0.25) is 4.79 Å². The lowest BCUT2D eigenvalue weighted by Crippen LogP contribution is -2.21. The Balaban J connectivity index is 1.41. The number of hydrogen-bond acceptors (Lipinski definition) is 7. The van der Waals surface area contributed by atoms with Gasteiger partial charge in [0.05, 0.1) is 38.1 Å². The van der Waals surface area contributed by atoms with Crippen molar-refractivity contribution in [3.8, 4) is 17.2 Å². The van der Waals surface area contributed by atoms with E-state index in [1.54, 1.807) is 45.6 Å². The van der Waals surface area contributed by atoms with Crippen LogP contribution in [0.5, 0.6) is 17.2 Å². The monoisotopic (exact) mass is 524 g/mol. The molecule has 0 saturated carbocycles. The minimum Gasteiger partial charge on any atom is -0.497 e. The van der Waals surface area contributed by atoms with Crippen LogP contribution in [0.25, 0.3) is 22.6 Å². The molecule has 0 radical (unpaired) electrons. The van der Waals surface area contributed by atoms with E-state index < -0.39 is 18.5 Å². The number of esters is 1. The molecule has 3 aromatic carbocycles. The predicted molar refractivity (Wildman–Crippen MR) is 149 cm³/mol. The van der Waals surface area contributed by atoms with Crippen molar-refractivity contribution in [2.75, 3.05) is 33.3 Å². The number of aromatic nitrogens is 1. The second kappa shape index (κ2) is 11.3. The van der Waals surface area contributed by atoms with E-state index in [1.807, 2.05) is 48.5 Å². The molecule has 1 N–H and O–H groups in total. The van der Waals surface area contributed by atoms with Crippen LogP contribution < -0.4 is 19.5 Å². The number of anilines is 1. The number of amides is 1. The van der Waals surface area contributed by atoms with Crippen LogP contribution in [0.2, 0.25) is 0 Å². The summed E-state index contributed by atoms with van der Waals surface area (Å²) in [5, 5.41) is 3.43. The lowest BCUT2D eigenvalue weighted by molar-refractivity contribution is -0.119. The number of carbonyl (C=O) groups excluding carboxylic acids is 2. The van der Waals surface area contributed by atoms with Crippen LogP contribution in [-0.2, 0) is 16.0 Å². The Morgan fingerprint density at radius 2 is 1.67 bits per heavy atom. The molecule has 1 aromatic heterocycles. The molecule has 8 heteroatoms. The van der Waals surface area contributed by atoms with Crippen molar-refractivity contribution < 1.29 is 28.5 Å². The number of carbonyl (C=O) groups is 2. The second-order valence-electron chi connectivity index (χ2n) is 8.97. The molecule has 4 aromatic rings. The molecular formula is C31H28N2O6. The minimum absolute atomic E-state index is 0.412. The highest BCUT2D eigenvalue weighted by atomic mass is 16.5. The number of rotatable bonds is 8. The van der Waals surface area contributed by atoms with Crippen LogP contribution in [0.15, 0.2) is 66.7 Å². The maximum absolute atomic E-state index is 13.4. The number of allylic oxidation sites excluding steroid dienone is 1. The normalized spacial score (nSPS) is 13.2. The van der Waals surface area contributed by atoms with Gasteiger partial charge in [-0.2, -0.15) is 0 Å². The molecule has 1 heterocycles. The van der Waals surface area contributed by atoms with Crippen molar-refractivity contribution in [2.24, 2.45) is 0 Å². The Bertz CT molecular complexity index is 1580. The standard InChI is InChI=1S/C31H28N2O6/c1-36-22-12-10-21(11-13-22)32-28(34)18-39-31(35)29-23-6-4-5-7-25(23)33-30-20(9-14-24(29)30)16-19-8-15-26(37-2)27(17-19)38-3/h4-8,10-13,15-17H,9,14,18H2,1-3H3,(H,32,34)/b20-16+. The Hall–Kier alpha value is -4.85. The van der Waals surface area contributed by atoms with Crippen molar-refractivity contribution >= 4 is 40.1 Å². The van der Waals surface area contributed by atoms with Crippen LogP contribution in [0.3, 0.4) is 0 Å². The highest BCUT2D eigenvalue weighted by Crippen LogP contribution is 2.38. The quantitative estimate of drug-likeness (QED) is 0.302. The predicted octanol–water partition coefficient (Wildman–Crippen LogP) is 5.54. The van der Waals surface area contributed by atoms with Gasteiger partial charge in [0, 0.05) is 11.1 Å². The lowest BCUT2D eigenvalue weighted by atomic mass is 10.0. The number of hydrogen-bond donors (Lipinski definition) is 1. The van der Waals surface area contributed by atoms with Crippen LogP contribution in [0, 0.1) is 0 Å². The average Bonchev–Trinajstić information content (AvgIpc) is 3.36. The fourth-order valence-corrected chi connectivity index (χ4v) is 4.73. The van der Waals surface area contributed by atoms with Gasteiger partial charge in [-0.25, -0.2) is 9.78 Å². The minimum atomic E-state index is -0.554. The second-order valence-corrected chi connectivity index (χ2v) is 8.97. The number of pyridine rings is 1. The molecule has 0 saturated heterocycles. The summed E-state index contributed by atoms with van der Waals surface area (Å²) in [4.78, 5) is 30.8. The first kappa shape index (κ1) is 25.8. The highest BCUT2D eigenvalue weighted by molar-refractivity contribution is 6.08. The molecule has 0 fully saturated rings. The maximum Gasteiger partial charge on any atom is 0.339 e. The third kappa shape index (κ3) is 5.40. The van der Waals surface area contributed by atoms with Gasteiger partial charge < -0.3 is 24.3 Å². The third-order valence-corrected chi connectivity index (χ3v) is 6.60. The largest absolute Gasteiger partial charge is 0.497 e. The molecule has 0 aliphatic heterocycles. The van der Waals surface area contributed by atoms with E-state index in [2.05, 4.69) is 5.32 Å².